The maximum atomic E-state index is 2.54. The molecule has 2 aliphatic carbocycles. The van der Waals surface area contributed by atoms with Crippen molar-refractivity contribution in [2.75, 3.05) is 0 Å². The SMILES string of the molecule is c1ccc(-n2c3ccccc3c3c4c5ccccc5n(-c5ccc6c(c5)C5(c7ccccc7-6)c6ccccc6-c6ccc(-n7c8ccccc8c8c9c%10ccccc%10n(-c%10ccccc%10)c9ccc87)cc65)c4ccc32)cc1. The van der Waals surface area contributed by atoms with Crippen molar-refractivity contribution in [3.63, 3.8) is 0 Å². The molecule has 4 heteroatoms. The van der Waals surface area contributed by atoms with Crippen LogP contribution in [0.1, 0.15) is 22.3 Å². The molecule has 4 aromatic heterocycles. The van der Waals surface area contributed by atoms with E-state index >= 15 is 0 Å². The Bertz CT molecular complexity index is 4890. The van der Waals surface area contributed by atoms with Gasteiger partial charge < -0.3 is 18.3 Å². The van der Waals surface area contributed by atoms with Gasteiger partial charge in [-0.05, 0) is 142 Å². The van der Waals surface area contributed by atoms with E-state index in [0.717, 1.165) is 22.7 Å². The first kappa shape index (κ1) is 41.2. The predicted octanol–water partition coefficient (Wildman–Crippen LogP) is 18.4. The van der Waals surface area contributed by atoms with Crippen LogP contribution in [0.4, 0.5) is 0 Å². The van der Waals surface area contributed by atoms with E-state index < -0.39 is 5.41 Å². The van der Waals surface area contributed by atoms with Crippen LogP contribution in [0.2, 0.25) is 0 Å². The minimum atomic E-state index is -0.589. The van der Waals surface area contributed by atoms with E-state index in [1.165, 1.54) is 132 Å². The molecule has 0 aliphatic heterocycles. The molecule has 16 aromatic rings. The van der Waals surface area contributed by atoms with Gasteiger partial charge in [-0.3, -0.25) is 0 Å². The van der Waals surface area contributed by atoms with E-state index in [1.54, 1.807) is 0 Å². The van der Waals surface area contributed by atoms with Crippen molar-refractivity contribution >= 4 is 87.2 Å². The van der Waals surface area contributed by atoms with Gasteiger partial charge in [0.1, 0.15) is 0 Å². The number of aromatic nitrogens is 4. The molecule has 18 rings (SSSR count). The number of hydrogen-bond donors (Lipinski definition) is 0. The second-order valence-corrected chi connectivity index (χ2v) is 21.1. The highest BCUT2D eigenvalue weighted by Crippen LogP contribution is 2.63. The zero-order valence-electron chi connectivity index (χ0n) is 41.7. The molecule has 0 saturated carbocycles. The summed E-state index contributed by atoms with van der Waals surface area (Å²) in [6, 6.07) is 99.9. The van der Waals surface area contributed by atoms with Crippen molar-refractivity contribution < 1.29 is 0 Å². The quantitative estimate of drug-likeness (QED) is 0.167. The largest absolute Gasteiger partial charge is 0.309 e. The van der Waals surface area contributed by atoms with Crippen LogP contribution >= 0.6 is 0 Å². The topological polar surface area (TPSA) is 19.7 Å². The molecule has 0 fully saturated rings. The molecule has 356 valence electrons. The van der Waals surface area contributed by atoms with E-state index in [0.29, 0.717) is 0 Å². The number of nitrogens with zero attached hydrogens (tertiary/aromatic N) is 4. The Kier molecular flexibility index (Phi) is 8.03. The molecule has 77 heavy (non-hydrogen) atoms. The smallest absolute Gasteiger partial charge is 0.0727 e. The molecule has 4 heterocycles. The Morgan fingerprint density at radius 2 is 0.481 bits per heavy atom. The van der Waals surface area contributed by atoms with E-state index in [9.17, 15) is 0 Å². The summed E-state index contributed by atoms with van der Waals surface area (Å²) >= 11 is 0. The third kappa shape index (κ3) is 5.17. The average molecular weight is 977 g/mol. The average Bonchev–Trinajstić information content (AvgIpc) is 4.51. The molecule has 0 N–H and O–H groups in total. The second kappa shape index (κ2) is 15.0. The summed E-state index contributed by atoms with van der Waals surface area (Å²) in [6.07, 6.45) is 0. The van der Waals surface area contributed by atoms with Gasteiger partial charge in [0.25, 0.3) is 0 Å². The lowest BCUT2D eigenvalue weighted by molar-refractivity contribution is 0.791. The van der Waals surface area contributed by atoms with Crippen LogP contribution in [-0.4, -0.2) is 18.3 Å². The van der Waals surface area contributed by atoms with E-state index in [2.05, 4.69) is 285 Å². The van der Waals surface area contributed by atoms with Crippen molar-refractivity contribution in [3.8, 4) is 45.0 Å². The van der Waals surface area contributed by atoms with E-state index in [4.69, 9.17) is 0 Å². The molecule has 0 unspecified atom stereocenters. The Hall–Kier alpha value is -10.2. The van der Waals surface area contributed by atoms with Gasteiger partial charge in [-0.15, -0.1) is 0 Å². The molecule has 0 bridgehead atoms. The highest BCUT2D eigenvalue weighted by Gasteiger charge is 2.52. The first-order valence-electron chi connectivity index (χ1n) is 26.8. The van der Waals surface area contributed by atoms with Gasteiger partial charge in [0.05, 0.1) is 49.5 Å². The number of fused-ring (bicyclic) bond motifs is 24. The van der Waals surface area contributed by atoms with Gasteiger partial charge in [0, 0.05) is 65.8 Å². The summed E-state index contributed by atoms with van der Waals surface area (Å²) in [6.45, 7) is 0. The summed E-state index contributed by atoms with van der Waals surface area (Å²) in [7, 11) is 0. The lowest BCUT2D eigenvalue weighted by Gasteiger charge is -2.31. The van der Waals surface area contributed by atoms with E-state index in [1.807, 2.05) is 0 Å². The Balaban J connectivity index is 0.902. The first-order chi connectivity index (χ1) is 38.3. The molecule has 4 nitrogen and oxygen atoms in total. The predicted molar refractivity (Wildman–Crippen MR) is 320 cm³/mol. The monoisotopic (exact) mass is 976 g/mol. The molecule has 12 aromatic carbocycles. The van der Waals surface area contributed by atoms with Gasteiger partial charge in [-0.2, -0.15) is 0 Å². The lowest BCUT2D eigenvalue weighted by Crippen LogP contribution is -2.26. The van der Waals surface area contributed by atoms with Crippen LogP contribution in [0.25, 0.3) is 132 Å². The Labute approximate surface area is 442 Å². The van der Waals surface area contributed by atoms with Crippen molar-refractivity contribution in [2.24, 2.45) is 0 Å². The summed E-state index contributed by atoms with van der Waals surface area (Å²) in [5.41, 5.74) is 24.0. The fraction of sp³-hybridized carbons (Fsp3) is 0.0137. The number of rotatable bonds is 4. The Morgan fingerprint density at radius 3 is 0.844 bits per heavy atom. The van der Waals surface area contributed by atoms with Gasteiger partial charge in [-0.25, -0.2) is 0 Å². The van der Waals surface area contributed by atoms with E-state index in [-0.39, 0.29) is 0 Å². The zero-order valence-corrected chi connectivity index (χ0v) is 41.7. The molecule has 1 spiro atoms. The minimum Gasteiger partial charge on any atom is -0.309 e. The van der Waals surface area contributed by atoms with Gasteiger partial charge in [-0.1, -0.05) is 170 Å². The van der Waals surface area contributed by atoms with Crippen LogP contribution in [0.3, 0.4) is 0 Å². The summed E-state index contributed by atoms with van der Waals surface area (Å²) < 4.78 is 9.92. The maximum Gasteiger partial charge on any atom is 0.0727 e. The first-order valence-corrected chi connectivity index (χ1v) is 26.8. The van der Waals surface area contributed by atoms with Gasteiger partial charge in [0.15, 0.2) is 0 Å². The molecular weight excluding hydrogens is 933 g/mol. The maximum absolute atomic E-state index is 2.54. The fourth-order valence-electron chi connectivity index (χ4n) is 14.7. The number of benzene rings is 12. The van der Waals surface area contributed by atoms with Crippen LogP contribution in [0.15, 0.2) is 267 Å². The number of para-hydroxylation sites is 6. The molecule has 0 saturated heterocycles. The lowest BCUT2D eigenvalue weighted by atomic mass is 9.70. The molecule has 0 radical (unpaired) electrons. The minimum absolute atomic E-state index is 0.589. The van der Waals surface area contributed by atoms with Crippen molar-refractivity contribution in [1.29, 1.82) is 0 Å². The number of hydrogen-bond acceptors (Lipinski definition) is 0. The van der Waals surface area contributed by atoms with Crippen LogP contribution in [0.5, 0.6) is 0 Å². The Morgan fingerprint density at radius 1 is 0.195 bits per heavy atom. The summed E-state index contributed by atoms with van der Waals surface area (Å²) in [5.74, 6) is 0. The van der Waals surface area contributed by atoms with Crippen LogP contribution in [-0.2, 0) is 5.41 Å². The molecule has 0 amide bonds. The third-order valence-corrected chi connectivity index (χ3v) is 17.5. The standard InChI is InChI=1S/C73H44N4/c1-3-19-45(20-4-1)74-61-31-15-9-25-53(61)69-65(74)39-41-67-71(69)55-27-11-17-33-63(55)76(67)47-35-37-51-49-23-7-13-29-57(49)73(59(51)43-47)58-30-14-8-24-50(58)52-38-36-48(44-60(52)73)77-64-34-18-12-28-56(64)72-68(77)42-40-66-70(72)54-26-10-16-32-62(54)75(66)46-21-5-2-6-22-46/h1-44H. The van der Waals surface area contributed by atoms with Crippen molar-refractivity contribution in [2.45, 2.75) is 5.41 Å². The normalized spacial score (nSPS) is 13.3. The van der Waals surface area contributed by atoms with Crippen LogP contribution < -0.4 is 0 Å². The summed E-state index contributed by atoms with van der Waals surface area (Å²) in [5, 5.41) is 10.1. The zero-order chi connectivity index (χ0) is 50.1. The fourth-order valence-corrected chi connectivity index (χ4v) is 14.7. The summed E-state index contributed by atoms with van der Waals surface area (Å²) in [4.78, 5) is 0. The van der Waals surface area contributed by atoms with Gasteiger partial charge in [0.2, 0.25) is 0 Å². The van der Waals surface area contributed by atoms with Crippen LogP contribution in [0, 0.1) is 0 Å². The third-order valence-electron chi connectivity index (χ3n) is 17.5. The highest BCUT2D eigenvalue weighted by molar-refractivity contribution is 6.30. The van der Waals surface area contributed by atoms with Crippen molar-refractivity contribution in [3.05, 3.63) is 289 Å². The van der Waals surface area contributed by atoms with Gasteiger partial charge >= 0.3 is 0 Å². The molecule has 0 atom stereocenters. The highest BCUT2D eigenvalue weighted by atomic mass is 15.0. The van der Waals surface area contributed by atoms with Crippen molar-refractivity contribution in [1.82, 2.24) is 18.3 Å². The second-order valence-electron chi connectivity index (χ2n) is 21.1. The molecule has 2 aliphatic rings. The molecular formula is C73H44N4.